The molecule has 0 spiro atoms. The van der Waals surface area contributed by atoms with E-state index in [0.717, 1.165) is 51.4 Å². The minimum Gasteiger partial charge on any atom is -0.444 e. The number of Topliss-reactive ketones (excluding diaryl/α,β-unsaturated/α-hetero) is 1. The normalized spacial score (nSPS) is 31.3. The molecule has 37 heavy (non-hydrogen) atoms. The third-order valence-electron chi connectivity index (χ3n) is 8.26. The van der Waals surface area contributed by atoms with Crippen LogP contribution in [0.3, 0.4) is 0 Å². The Labute approximate surface area is 220 Å². The second kappa shape index (κ2) is 11.9. The van der Waals surface area contributed by atoms with Crippen LogP contribution < -0.4 is 10.6 Å². The van der Waals surface area contributed by atoms with E-state index in [-0.39, 0.29) is 29.4 Å². The van der Waals surface area contributed by atoms with Crippen molar-refractivity contribution in [3.8, 4) is 0 Å². The van der Waals surface area contributed by atoms with Gasteiger partial charge in [-0.3, -0.25) is 19.2 Å². The molecule has 3 fully saturated rings. The highest BCUT2D eigenvalue weighted by molar-refractivity contribution is 6.28. The number of hydrogen-bond acceptors (Lipinski definition) is 6. The number of carbonyl (C=O) groups is 5. The summed E-state index contributed by atoms with van der Waals surface area (Å²) in [5, 5.41) is 5.58. The number of alkyl carbamates (subject to hydrolysis) is 1. The molecule has 1 saturated carbocycles. The zero-order valence-corrected chi connectivity index (χ0v) is 23.1. The highest BCUT2D eigenvalue weighted by atomic mass is 16.6. The standard InChI is InChI=1S/C28H45N3O6/c1-27(2,3)37-26(36)30-20-15-13-11-9-7-6-8-10-12-14-19(21(33)17-32)29-24(34)23-22-18(28(22,4)5)16-31(23)25(20)35/h17-20,22-23H,6-16H2,1-5H3,(H,29,34)(H,30,36)/t18?,19-,20-,22?,23-/m0/s1. The number of nitrogens with zero attached hydrogens (tertiary/aromatic N) is 1. The monoisotopic (exact) mass is 519 g/mol. The van der Waals surface area contributed by atoms with E-state index < -0.39 is 41.5 Å². The van der Waals surface area contributed by atoms with Gasteiger partial charge in [0.1, 0.15) is 17.7 Å². The van der Waals surface area contributed by atoms with Crippen molar-refractivity contribution in [3.63, 3.8) is 0 Å². The maximum Gasteiger partial charge on any atom is 0.408 e. The fourth-order valence-corrected chi connectivity index (χ4v) is 6.10. The van der Waals surface area contributed by atoms with Crippen LogP contribution in [0.4, 0.5) is 4.79 Å². The Morgan fingerprint density at radius 3 is 2.14 bits per heavy atom. The van der Waals surface area contributed by atoms with Crippen LogP contribution in [-0.2, 0) is 23.9 Å². The van der Waals surface area contributed by atoms with Crippen molar-refractivity contribution in [3.05, 3.63) is 0 Å². The molecule has 0 aromatic carbocycles. The first-order valence-electron chi connectivity index (χ1n) is 14.0. The summed E-state index contributed by atoms with van der Waals surface area (Å²) >= 11 is 0. The molecule has 2 heterocycles. The number of aldehydes is 1. The number of piperidine rings is 1. The van der Waals surface area contributed by atoms with E-state index in [1.54, 1.807) is 25.7 Å². The summed E-state index contributed by atoms with van der Waals surface area (Å²) in [6.07, 6.45) is 8.15. The van der Waals surface area contributed by atoms with Crippen LogP contribution >= 0.6 is 0 Å². The van der Waals surface area contributed by atoms with E-state index in [1.165, 1.54) is 0 Å². The average Bonchev–Trinajstić information content (AvgIpc) is 3.15. The van der Waals surface area contributed by atoms with Crippen molar-refractivity contribution in [2.45, 2.75) is 123 Å². The Balaban J connectivity index is 1.85. The van der Waals surface area contributed by atoms with E-state index in [0.29, 0.717) is 19.4 Å². The lowest BCUT2D eigenvalue weighted by atomic mass is 9.98. The summed E-state index contributed by atoms with van der Waals surface area (Å²) < 4.78 is 5.42. The minimum atomic E-state index is -0.880. The van der Waals surface area contributed by atoms with Gasteiger partial charge in [0, 0.05) is 6.54 Å². The van der Waals surface area contributed by atoms with Crippen LogP contribution in [0.1, 0.15) is 98.8 Å². The highest BCUT2D eigenvalue weighted by Gasteiger charge is 2.69. The molecule has 9 heteroatoms. The molecule has 0 aromatic heterocycles. The van der Waals surface area contributed by atoms with Crippen molar-refractivity contribution in [2.75, 3.05) is 6.54 Å². The van der Waals surface area contributed by atoms with Crippen molar-refractivity contribution in [2.24, 2.45) is 17.3 Å². The molecule has 2 unspecified atom stereocenters. The number of ether oxygens (including phenoxy) is 1. The van der Waals surface area contributed by atoms with Crippen molar-refractivity contribution >= 4 is 30.0 Å². The van der Waals surface area contributed by atoms with Gasteiger partial charge in [0.25, 0.3) is 0 Å². The van der Waals surface area contributed by atoms with Gasteiger partial charge in [0.05, 0.1) is 6.04 Å². The van der Waals surface area contributed by atoms with E-state index in [1.807, 2.05) is 0 Å². The third kappa shape index (κ3) is 7.32. The number of hydrogen-bond donors (Lipinski definition) is 2. The quantitative estimate of drug-likeness (QED) is 0.435. The van der Waals surface area contributed by atoms with Gasteiger partial charge >= 0.3 is 6.09 Å². The van der Waals surface area contributed by atoms with Crippen molar-refractivity contribution in [1.82, 2.24) is 15.5 Å². The van der Waals surface area contributed by atoms with Crippen LogP contribution in [0.15, 0.2) is 0 Å². The van der Waals surface area contributed by atoms with Crippen LogP contribution in [0, 0.1) is 17.3 Å². The third-order valence-corrected chi connectivity index (χ3v) is 8.26. The van der Waals surface area contributed by atoms with Gasteiger partial charge in [-0.15, -0.1) is 0 Å². The lowest BCUT2D eigenvalue weighted by Crippen LogP contribution is -2.57. The fourth-order valence-electron chi connectivity index (χ4n) is 6.10. The molecule has 9 nitrogen and oxygen atoms in total. The molecule has 2 saturated heterocycles. The van der Waals surface area contributed by atoms with Crippen LogP contribution in [0.5, 0.6) is 0 Å². The first-order valence-corrected chi connectivity index (χ1v) is 14.0. The molecule has 0 aromatic rings. The van der Waals surface area contributed by atoms with E-state index in [4.69, 9.17) is 4.74 Å². The maximum atomic E-state index is 13.8. The SMILES string of the molecule is CC(C)(C)OC(=O)N[C@H]1CCCCCCCCCC[C@@H](C(=O)C=O)NC(=O)[C@@H]2C3C(CN2C1=O)C3(C)C. The summed E-state index contributed by atoms with van der Waals surface area (Å²) in [4.78, 5) is 65.2. The number of amides is 3. The fraction of sp³-hybridized carbons (Fsp3) is 0.821. The van der Waals surface area contributed by atoms with Crippen molar-refractivity contribution < 1.29 is 28.7 Å². The number of nitrogens with one attached hydrogen (secondary N) is 2. The van der Waals surface area contributed by atoms with Crippen LogP contribution in [0.25, 0.3) is 0 Å². The summed E-state index contributed by atoms with van der Waals surface area (Å²) in [5.74, 6) is -1.20. The first-order chi connectivity index (χ1) is 17.4. The predicted molar refractivity (Wildman–Crippen MR) is 139 cm³/mol. The number of rotatable bonds is 3. The number of fused-ring (bicyclic) bond motifs is 3. The molecule has 2 aliphatic heterocycles. The van der Waals surface area contributed by atoms with Gasteiger partial charge in [0.15, 0.2) is 6.29 Å². The topological polar surface area (TPSA) is 122 Å². The molecule has 3 amide bonds. The smallest absolute Gasteiger partial charge is 0.408 e. The second-order valence-electron chi connectivity index (χ2n) is 12.6. The minimum absolute atomic E-state index is 0.0345. The zero-order chi connectivity index (χ0) is 27.4. The summed E-state index contributed by atoms with van der Waals surface area (Å²) in [5.41, 5.74) is -0.804. The number of ketones is 1. The van der Waals surface area contributed by atoms with Gasteiger partial charge in [-0.2, -0.15) is 0 Å². The Bertz CT molecular complexity index is 880. The maximum absolute atomic E-state index is 13.8. The zero-order valence-electron chi connectivity index (χ0n) is 23.1. The van der Waals surface area contributed by atoms with E-state index in [2.05, 4.69) is 24.5 Å². The summed E-state index contributed by atoms with van der Waals surface area (Å²) in [6.45, 7) is 9.90. The largest absolute Gasteiger partial charge is 0.444 e. The molecular formula is C28H45N3O6. The predicted octanol–water partition coefficient (Wildman–Crippen LogP) is 3.53. The van der Waals surface area contributed by atoms with Crippen LogP contribution in [0.2, 0.25) is 0 Å². The molecule has 5 atom stereocenters. The van der Waals surface area contributed by atoms with Gasteiger partial charge in [0.2, 0.25) is 17.6 Å². The molecule has 0 radical (unpaired) electrons. The average molecular weight is 520 g/mol. The van der Waals surface area contributed by atoms with Gasteiger partial charge < -0.3 is 20.3 Å². The Hall–Kier alpha value is -2.45. The highest BCUT2D eigenvalue weighted by Crippen LogP contribution is 2.64. The van der Waals surface area contributed by atoms with Gasteiger partial charge in [-0.25, -0.2) is 4.79 Å². The van der Waals surface area contributed by atoms with Crippen molar-refractivity contribution in [1.29, 1.82) is 0 Å². The molecule has 3 rings (SSSR count). The Morgan fingerprint density at radius 1 is 1.00 bits per heavy atom. The van der Waals surface area contributed by atoms with E-state index in [9.17, 15) is 24.0 Å². The van der Waals surface area contributed by atoms with Gasteiger partial charge in [-0.05, 0) is 50.9 Å². The summed E-state index contributed by atoms with van der Waals surface area (Å²) in [6, 6.07) is -2.42. The lowest BCUT2D eigenvalue weighted by Gasteiger charge is -2.34. The molecule has 2 N–H and O–H groups in total. The van der Waals surface area contributed by atoms with Crippen LogP contribution in [-0.4, -0.2) is 65.1 Å². The molecule has 208 valence electrons. The Morgan fingerprint density at radius 2 is 1.57 bits per heavy atom. The first kappa shape index (κ1) is 29.1. The lowest BCUT2D eigenvalue weighted by molar-refractivity contribution is -0.143. The Kier molecular flexibility index (Phi) is 9.40. The number of carbonyl (C=O) groups excluding carboxylic acids is 5. The molecule has 3 aliphatic rings. The molecular weight excluding hydrogens is 474 g/mol. The van der Waals surface area contributed by atoms with E-state index >= 15 is 0 Å². The molecule has 1 aliphatic carbocycles. The summed E-state index contributed by atoms with van der Waals surface area (Å²) in [7, 11) is 0. The van der Waals surface area contributed by atoms with Gasteiger partial charge in [-0.1, -0.05) is 65.2 Å². The molecule has 0 bridgehead atoms. The second-order valence-corrected chi connectivity index (χ2v) is 12.6.